The number of fused-ring (bicyclic) bond motifs is 1. The quantitative estimate of drug-likeness (QED) is 0.372. The molecule has 0 spiro atoms. The number of carbonyl (C=O) groups is 1. The van der Waals surface area contributed by atoms with E-state index in [1.165, 1.54) is 4.68 Å². The fraction of sp³-hybridized carbons (Fsp3) is 0. The number of amides is 1. The first-order valence-corrected chi connectivity index (χ1v) is 7.99. The number of hydrazone groups is 1. The van der Waals surface area contributed by atoms with Crippen LogP contribution in [0, 0.1) is 4.77 Å². The van der Waals surface area contributed by atoms with Crippen LogP contribution in [-0.4, -0.2) is 37.7 Å². The molecule has 0 saturated carbocycles. The lowest BCUT2D eigenvalue weighted by molar-refractivity contribution is -0.110. The molecule has 4 rings (SSSR count). The van der Waals surface area contributed by atoms with E-state index in [4.69, 9.17) is 12.2 Å². The highest BCUT2D eigenvalue weighted by molar-refractivity contribution is 7.71. The second-order valence-corrected chi connectivity index (χ2v) is 5.66. The summed E-state index contributed by atoms with van der Waals surface area (Å²) in [6.45, 7) is 0. The van der Waals surface area contributed by atoms with Gasteiger partial charge in [-0.05, 0) is 24.4 Å². The van der Waals surface area contributed by atoms with Crippen molar-refractivity contribution in [3.05, 3.63) is 64.7 Å². The number of para-hydroxylation sites is 1. The van der Waals surface area contributed by atoms with E-state index in [-0.39, 0.29) is 22.3 Å². The zero-order chi connectivity index (χ0) is 17.9. The van der Waals surface area contributed by atoms with Gasteiger partial charge in [0, 0.05) is 23.5 Å². The first-order valence-electron chi connectivity index (χ1n) is 7.58. The zero-order valence-corrected chi connectivity index (χ0v) is 14.1. The van der Waals surface area contributed by atoms with Gasteiger partial charge in [-0.15, -0.1) is 5.10 Å². The van der Waals surface area contributed by atoms with Gasteiger partial charge >= 0.3 is 0 Å². The van der Waals surface area contributed by atoms with Gasteiger partial charge < -0.3 is 5.32 Å². The Morgan fingerprint density at radius 1 is 1.23 bits per heavy atom. The maximum atomic E-state index is 12.2. The van der Waals surface area contributed by atoms with E-state index in [9.17, 15) is 4.79 Å². The lowest BCUT2D eigenvalue weighted by Crippen LogP contribution is -2.16. The number of hydrogen-bond acceptors (Lipinski definition) is 7. The van der Waals surface area contributed by atoms with E-state index in [2.05, 4.69) is 36.1 Å². The molecular weight excluding hydrogens is 352 g/mol. The maximum absolute atomic E-state index is 12.2. The van der Waals surface area contributed by atoms with Crippen molar-refractivity contribution in [3.63, 3.8) is 0 Å². The molecular formula is C16H12N8OS. The molecule has 0 radical (unpaired) electrons. The Morgan fingerprint density at radius 3 is 2.96 bits per heavy atom. The third-order valence-corrected chi connectivity index (χ3v) is 3.82. The summed E-state index contributed by atoms with van der Waals surface area (Å²) < 4.78 is 1.54. The van der Waals surface area contributed by atoms with E-state index in [0.29, 0.717) is 11.3 Å². The molecule has 1 aliphatic heterocycles. The first kappa shape index (κ1) is 15.8. The van der Waals surface area contributed by atoms with Crippen LogP contribution < -0.4 is 10.7 Å². The number of nitrogens with one attached hydrogen (secondary N) is 3. The number of pyridine rings is 1. The lowest BCUT2D eigenvalue weighted by atomic mass is 10.1. The minimum atomic E-state index is -0.306. The second-order valence-electron chi connectivity index (χ2n) is 5.27. The van der Waals surface area contributed by atoms with Gasteiger partial charge in [0.25, 0.3) is 11.9 Å². The Balaban J connectivity index is 1.64. The highest BCUT2D eigenvalue weighted by Crippen LogP contribution is 2.23. The van der Waals surface area contributed by atoms with E-state index < -0.39 is 0 Å². The van der Waals surface area contributed by atoms with Crippen molar-refractivity contribution < 1.29 is 4.79 Å². The van der Waals surface area contributed by atoms with Crippen molar-refractivity contribution >= 4 is 41.7 Å². The number of anilines is 2. The predicted octanol–water partition coefficient (Wildman–Crippen LogP) is 1.99. The molecule has 3 heterocycles. The summed E-state index contributed by atoms with van der Waals surface area (Å²) in [6, 6.07) is 11.0. The number of benzene rings is 1. The van der Waals surface area contributed by atoms with Crippen molar-refractivity contribution in [2.24, 2.45) is 10.2 Å². The van der Waals surface area contributed by atoms with E-state index >= 15 is 0 Å². The highest BCUT2D eigenvalue weighted by atomic mass is 32.1. The minimum Gasteiger partial charge on any atom is -0.320 e. The van der Waals surface area contributed by atoms with Crippen molar-refractivity contribution in [3.8, 4) is 0 Å². The van der Waals surface area contributed by atoms with Gasteiger partial charge in [-0.25, -0.2) is 10.5 Å². The van der Waals surface area contributed by atoms with Crippen LogP contribution in [0.15, 0.2) is 59.0 Å². The second kappa shape index (κ2) is 6.69. The minimum absolute atomic E-state index is 0.230. The summed E-state index contributed by atoms with van der Waals surface area (Å²) in [7, 11) is 0. The fourth-order valence-corrected chi connectivity index (χ4v) is 2.55. The summed E-state index contributed by atoms with van der Waals surface area (Å²) in [5.74, 6) is -0.0565. The van der Waals surface area contributed by atoms with Gasteiger partial charge in [0.2, 0.25) is 4.77 Å². The normalized spacial score (nSPS) is 14.6. The van der Waals surface area contributed by atoms with Crippen LogP contribution in [-0.2, 0) is 4.79 Å². The van der Waals surface area contributed by atoms with Crippen molar-refractivity contribution in [2.45, 2.75) is 0 Å². The van der Waals surface area contributed by atoms with Gasteiger partial charge in [-0.1, -0.05) is 24.3 Å². The standard InChI is InChI=1S/C16H12N8OS/c25-14-13(11-5-1-2-6-12(11)19-14)23-24-15(21-22-16(24)26)20-18-9-10-4-3-7-17-8-10/h1-9H,(H,20,21)(H,22,26)(H,19,23,25)/b18-9+. The molecule has 1 aliphatic rings. The third-order valence-electron chi connectivity index (χ3n) is 3.56. The first-order chi connectivity index (χ1) is 12.7. The molecule has 1 amide bonds. The lowest BCUT2D eigenvalue weighted by Gasteiger charge is -2.01. The average Bonchev–Trinajstić information content (AvgIpc) is 3.17. The summed E-state index contributed by atoms with van der Waals surface area (Å²) >= 11 is 5.19. The monoisotopic (exact) mass is 364 g/mol. The fourth-order valence-electron chi connectivity index (χ4n) is 2.38. The van der Waals surface area contributed by atoms with Crippen molar-refractivity contribution in [1.29, 1.82) is 0 Å². The molecule has 0 atom stereocenters. The number of hydrogen-bond donors (Lipinski definition) is 3. The van der Waals surface area contributed by atoms with Gasteiger partial charge in [-0.2, -0.15) is 14.9 Å². The summed E-state index contributed by atoms with van der Waals surface area (Å²) in [5.41, 5.74) is 5.22. The number of aromatic nitrogens is 4. The number of H-pyrrole nitrogens is 1. The zero-order valence-electron chi connectivity index (χ0n) is 13.2. The summed E-state index contributed by atoms with van der Waals surface area (Å²) in [5, 5.41) is 17.9. The van der Waals surface area contributed by atoms with Crippen molar-refractivity contribution in [1.82, 2.24) is 19.9 Å². The average molecular weight is 364 g/mol. The van der Waals surface area contributed by atoms with Gasteiger partial charge in [0.15, 0.2) is 5.71 Å². The Hall–Kier alpha value is -3.66. The van der Waals surface area contributed by atoms with Crippen LogP contribution in [0.4, 0.5) is 11.6 Å². The largest absolute Gasteiger partial charge is 0.320 e. The van der Waals surface area contributed by atoms with Crippen LogP contribution in [0.3, 0.4) is 0 Å². The summed E-state index contributed by atoms with van der Waals surface area (Å²) in [6.07, 6.45) is 4.93. The number of carbonyl (C=O) groups excluding carboxylic acids is 1. The molecule has 10 heteroatoms. The van der Waals surface area contributed by atoms with Gasteiger partial charge in [-0.3, -0.25) is 9.78 Å². The topological polar surface area (TPSA) is 112 Å². The number of nitrogens with zero attached hydrogens (tertiary/aromatic N) is 5. The highest BCUT2D eigenvalue weighted by Gasteiger charge is 2.26. The molecule has 3 N–H and O–H groups in total. The maximum Gasteiger partial charge on any atom is 0.276 e. The van der Waals surface area contributed by atoms with Gasteiger partial charge in [0.05, 0.1) is 11.9 Å². The molecule has 1 aromatic carbocycles. The number of aromatic amines is 1. The van der Waals surface area contributed by atoms with Crippen LogP contribution in [0.1, 0.15) is 11.1 Å². The molecule has 0 unspecified atom stereocenters. The Kier molecular flexibility index (Phi) is 4.07. The van der Waals surface area contributed by atoms with Crippen LogP contribution in [0.2, 0.25) is 0 Å². The molecule has 128 valence electrons. The number of rotatable bonds is 4. The van der Waals surface area contributed by atoms with Crippen LogP contribution >= 0.6 is 12.2 Å². The van der Waals surface area contributed by atoms with E-state index in [1.54, 1.807) is 24.7 Å². The molecule has 9 nitrogen and oxygen atoms in total. The smallest absolute Gasteiger partial charge is 0.276 e. The predicted molar refractivity (Wildman–Crippen MR) is 99.9 cm³/mol. The van der Waals surface area contributed by atoms with Crippen LogP contribution in [0.25, 0.3) is 0 Å². The molecule has 26 heavy (non-hydrogen) atoms. The molecule has 0 bridgehead atoms. The molecule has 3 aromatic rings. The third kappa shape index (κ3) is 3.00. The summed E-state index contributed by atoms with van der Waals surface area (Å²) in [4.78, 5) is 16.2. The molecule has 2 aromatic heterocycles. The van der Waals surface area contributed by atoms with Crippen molar-refractivity contribution in [2.75, 3.05) is 10.7 Å². The van der Waals surface area contributed by atoms with Gasteiger partial charge in [0.1, 0.15) is 0 Å². The molecule has 0 fully saturated rings. The Labute approximate surface area is 152 Å². The molecule has 0 aliphatic carbocycles. The van der Waals surface area contributed by atoms with Crippen LogP contribution in [0.5, 0.6) is 0 Å². The Morgan fingerprint density at radius 2 is 2.12 bits per heavy atom. The van der Waals surface area contributed by atoms with E-state index in [1.807, 2.05) is 30.3 Å². The molecule has 0 saturated heterocycles. The van der Waals surface area contributed by atoms with E-state index in [0.717, 1.165) is 5.56 Å². The Bertz CT molecular complexity index is 1080. The SMILES string of the molecule is O=C1Nc2ccccc2/C1=N/n1c(N/N=C/c2cccnc2)n[nH]c1=S.